The van der Waals surface area contributed by atoms with Crippen molar-refractivity contribution in [1.29, 1.82) is 0 Å². The molecule has 0 aliphatic rings. The van der Waals surface area contributed by atoms with Gasteiger partial charge in [-0.25, -0.2) is 0 Å². The van der Waals surface area contributed by atoms with Gasteiger partial charge >= 0.3 is 0 Å². The molecule has 6 nitrogen and oxygen atoms in total. The maximum atomic E-state index is 12.0. The summed E-state index contributed by atoms with van der Waals surface area (Å²) in [6.45, 7) is 4.76. The Bertz CT molecular complexity index is 640. The summed E-state index contributed by atoms with van der Waals surface area (Å²) in [5.74, 6) is -0.149. The molecule has 0 atom stereocenters. The molecule has 2 rings (SSSR count). The van der Waals surface area contributed by atoms with Crippen LogP contribution in [0.3, 0.4) is 0 Å². The molecule has 0 fully saturated rings. The standard InChI is InChI=1S/C15H18N4O2S/c1-10(2)8-9-16-12(20)14-18-19-15(22-14)13(21)17-11-6-4-3-5-7-11/h3-7,10H,8-9H2,1-2H3,(H,16,20)(H,17,21). The van der Waals surface area contributed by atoms with E-state index < -0.39 is 0 Å². The summed E-state index contributed by atoms with van der Waals surface area (Å²) in [6, 6.07) is 9.06. The lowest BCUT2D eigenvalue weighted by Crippen LogP contribution is -2.25. The smallest absolute Gasteiger partial charge is 0.286 e. The predicted molar refractivity (Wildman–Crippen MR) is 86.1 cm³/mol. The first-order valence-electron chi connectivity index (χ1n) is 7.04. The van der Waals surface area contributed by atoms with E-state index in [2.05, 4.69) is 34.7 Å². The second kappa shape index (κ2) is 7.65. The van der Waals surface area contributed by atoms with Crippen LogP contribution in [0, 0.1) is 5.92 Å². The van der Waals surface area contributed by atoms with Gasteiger partial charge in [0.05, 0.1) is 0 Å². The minimum Gasteiger partial charge on any atom is -0.350 e. The van der Waals surface area contributed by atoms with Crippen LogP contribution in [0.4, 0.5) is 5.69 Å². The van der Waals surface area contributed by atoms with Gasteiger partial charge in [-0.15, -0.1) is 10.2 Å². The summed E-state index contributed by atoms with van der Waals surface area (Å²) < 4.78 is 0. The van der Waals surface area contributed by atoms with E-state index in [9.17, 15) is 9.59 Å². The number of hydrogen-bond donors (Lipinski definition) is 2. The zero-order chi connectivity index (χ0) is 15.9. The van der Waals surface area contributed by atoms with Gasteiger partial charge < -0.3 is 10.6 Å². The lowest BCUT2D eigenvalue weighted by Gasteiger charge is -2.04. The molecule has 116 valence electrons. The molecule has 0 aliphatic carbocycles. The van der Waals surface area contributed by atoms with Crippen molar-refractivity contribution >= 4 is 28.8 Å². The molecule has 1 aromatic heterocycles. The molecule has 1 aromatic carbocycles. The van der Waals surface area contributed by atoms with Crippen LogP contribution in [0.2, 0.25) is 0 Å². The third kappa shape index (κ3) is 4.63. The Morgan fingerprint density at radius 2 is 1.73 bits per heavy atom. The van der Waals surface area contributed by atoms with Gasteiger partial charge in [0.1, 0.15) is 0 Å². The first-order chi connectivity index (χ1) is 10.6. The Kier molecular flexibility index (Phi) is 5.60. The number of aromatic nitrogens is 2. The molecule has 0 aliphatic heterocycles. The van der Waals surface area contributed by atoms with Gasteiger partial charge in [0.25, 0.3) is 11.8 Å². The molecule has 0 saturated carbocycles. The molecule has 2 N–H and O–H groups in total. The van der Waals surface area contributed by atoms with Gasteiger partial charge in [0, 0.05) is 12.2 Å². The fourth-order valence-electron chi connectivity index (χ4n) is 1.66. The van der Waals surface area contributed by atoms with E-state index in [1.54, 1.807) is 12.1 Å². The van der Waals surface area contributed by atoms with Crippen LogP contribution in [-0.2, 0) is 0 Å². The first-order valence-corrected chi connectivity index (χ1v) is 7.86. The highest BCUT2D eigenvalue weighted by Gasteiger charge is 2.17. The summed E-state index contributed by atoms with van der Waals surface area (Å²) in [7, 11) is 0. The lowest BCUT2D eigenvalue weighted by atomic mass is 10.1. The topological polar surface area (TPSA) is 84.0 Å². The summed E-state index contributed by atoms with van der Waals surface area (Å²) in [5.41, 5.74) is 0.672. The predicted octanol–water partition coefficient (Wildman–Crippen LogP) is 2.57. The van der Waals surface area contributed by atoms with E-state index >= 15 is 0 Å². The number of nitrogens with zero attached hydrogens (tertiary/aromatic N) is 2. The van der Waals surface area contributed by atoms with Gasteiger partial charge in [0.2, 0.25) is 10.0 Å². The molecule has 0 radical (unpaired) electrons. The number of rotatable bonds is 6. The Morgan fingerprint density at radius 1 is 1.09 bits per heavy atom. The fourth-order valence-corrected chi connectivity index (χ4v) is 2.32. The largest absolute Gasteiger partial charge is 0.350 e. The molecular weight excluding hydrogens is 300 g/mol. The van der Waals surface area contributed by atoms with Gasteiger partial charge in [-0.1, -0.05) is 43.4 Å². The maximum absolute atomic E-state index is 12.0. The van der Waals surface area contributed by atoms with E-state index in [1.165, 1.54) is 0 Å². The summed E-state index contributed by atoms with van der Waals surface area (Å²) >= 11 is 0.981. The highest BCUT2D eigenvalue weighted by atomic mass is 32.1. The van der Waals surface area contributed by atoms with Gasteiger partial charge in [-0.05, 0) is 24.5 Å². The number of hydrogen-bond acceptors (Lipinski definition) is 5. The van der Waals surface area contributed by atoms with Gasteiger partial charge in [-0.3, -0.25) is 9.59 Å². The van der Waals surface area contributed by atoms with Crippen molar-refractivity contribution in [3.05, 3.63) is 40.3 Å². The van der Waals surface area contributed by atoms with Crippen LogP contribution in [0.25, 0.3) is 0 Å². The van der Waals surface area contributed by atoms with Crippen molar-refractivity contribution < 1.29 is 9.59 Å². The number of amides is 2. The van der Waals surface area contributed by atoms with Crippen LogP contribution in [0.5, 0.6) is 0 Å². The Balaban J connectivity index is 1.93. The van der Waals surface area contributed by atoms with Crippen molar-refractivity contribution in [3.63, 3.8) is 0 Å². The Hall–Kier alpha value is -2.28. The van der Waals surface area contributed by atoms with Gasteiger partial charge in [0.15, 0.2) is 0 Å². The molecule has 7 heteroatoms. The molecule has 0 saturated heterocycles. The van der Waals surface area contributed by atoms with E-state index in [0.717, 1.165) is 17.8 Å². The van der Waals surface area contributed by atoms with Crippen molar-refractivity contribution in [1.82, 2.24) is 15.5 Å². The summed E-state index contributed by atoms with van der Waals surface area (Å²) in [6.07, 6.45) is 0.895. The molecule has 0 spiro atoms. The minimum atomic E-state index is -0.370. The van der Waals surface area contributed by atoms with E-state index in [4.69, 9.17) is 0 Å². The van der Waals surface area contributed by atoms with Crippen LogP contribution in [0.1, 0.15) is 39.9 Å². The normalized spacial score (nSPS) is 10.5. The Labute approximate surface area is 133 Å². The van der Waals surface area contributed by atoms with Crippen molar-refractivity contribution in [2.24, 2.45) is 5.92 Å². The molecule has 1 heterocycles. The zero-order valence-electron chi connectivity index (χ0n) is 12.5. The monoisotopic (exact) mass is 318 g/mol. The average molecular weight is 318 g/mol. The third-order valence-electron chi connectivity index (χ3n) is 2.85. The number of para-hydroxylation sites is 1. The lowest BCUT2D eigenvalue weighted by molar-refractivity contribution is 0.0949. The van der Waals surface area contributed by atoms with Crippen molar-refractivity contribution in [2.75, 3.05) is 11.9 Å². The molecular formula is C15H18N4O2S. The maximum Gasteiger partial charge on any atom is 0.286 e. The van der Waals surface area contributed by atoms with Crippen LogP contribution in [0.15, 0.2) is 30.3 Å². The highest BCUT2D eigenvalue weighted by Crippen LogP contribution is 2.13. The minimum absolute atomic E-state index is 0.165. The number of benzene rings is 1. The highest BCUT2D eigenvalue weighted by molar-refractivity contribution is 7.15. The average Bonchev–Trinajstić information content (AvgIpc) is 2.98. The van der Waals surface area contributed by atoms with Crippen molar-refractivity contribution in [3.8, 4) is 0 Å². The summed E-state index contributed by atoms with van der Waals surface area (Å²) in [4.78, 5) is 23.9. The van der Waals surface area contributed by atoms with Crippen LogP contribution in [-0.4, -0.2) is 28.6 Å². The number of anilines is 1. The fraction of sp³-hybridized carbons (Fsp3) is 0.333. The molecule has 22 heavy (non-hydrogen) atoms. The number of carbonyl (C=O) groups excluding carboxylic acids is 2. The van der Waals surface area contributed by atoms with E-state index in [1.807, 2.05) is 18.2 Å². The molecule has 0 unspecified atom stereocenters. The zero-order valence-corrected chi connectivity index (χ0v) is 13.3. The second-order valence-electron chi connectivity index (χ2n) is 5.17. The van der Waals surface area contributed by atoms with E-state index in [-0.39, 0.29) is 21.8 Å². The first kappa shape index (κ1) is 16.1. The SMILES string of the molecule is CC(C)CCNC(=O)c1nnc(C(=O)Nc2ccccc2)s1. The molecule has 2 aromatic rings. The number of carbonyl (C=O) groups is 2. The molecule has 2 amide bonds. The van der Waals surface area contributed by atoms with Crippen LogP contribution < -0.4 is 10.6 Å². The van der Waals surface area contributed by atoms with E-state index in [0.29, 0.717) is 18.2 Å². The van der Waals surface area contributed by atoms with Gasteiger partial charge in [-0.2, -0.15) is 0 Å². The molecule has 0 bridgehead atoms. The van der Waals surface area contributed by atoms with Crippen molar-refractivity contribution in [2.45, 2.75) is 20.3 Å². The second-order valence-corrected chi connectivity index (χ2v) is 6.15. The summed E-state index contributed by atoms with van der Waals surface area (Å²) in [5, 5.41) is 13.4. The third-order valence-corrected chi connectivity index (χ3v) is 3.77. The quantitative estimate of drug-likeness (QED) is 0.857. The number of nitrogens with one attached hydrogen (secondary N) is 2. The van der Waals surface area contributed by atoms with Crippen LogP contribution >= 0.6 is 11.3 Å². The Morgan fingerprint density at radius 3 is 2.36 bits per heavy atom.